The molecular formula is C17H16N6O2. The first-order chi connectivity index (χ1) is 12.3. The standard InChI is InChI=1S/C17H16N6O2/c24-16-6-1-5-15-8-13-18-9-4-14-23(15)17(25)7-2-11-20-22-21-12-3-10-19-16/h1-2,4-6,8-14H,3,7H2. The number of carbonyl (C=O) groups excluding carboxylic acids is 2. The first-order valence-corrected chi connectivity index (χ1v) is 7.47. The highest BCUT2D eigenvalue weighted by Crippen LogP contribution is 2.12. The molecule has 0 spiro atoms. The number of rotatable bonds is 0. The molecule has 0 unspecified atom stereocenters. The third-order valence-electron chi connectivity index (χ3n) is 2.87. The molecule has 0 saturated carbocycles. The van der Waals surface area contributed by atoms with Crippen LogP contribution in [0.15, 0.2) is 86.2 Å². The number of carbonyl (C=O) groups is 2. The number of nitrogens with zero attached hydrogens (tertiary/aromatic N) is 6. The van der Waals surface area contributed by atoms with Crippen molar-refractivity contribution in [1.29, 1.82) is 0 Å². The summed E-state index contributed by atoms with van der Waals surface area (Å²) in [7, 11) is 0. The summed E-state index contributed by atoms with van der Waals surface area (Å²) < 4.78 is 0. The fraction of sp³-hybridized carbons (Fsp3) is 0.118. The fourth-order valence-electron chi connectivity index (χ4n) is 1.78. The van der Waals surface area contributed by atoms with Gasteiger partial charge >= 0.3 is 0 Å². The Hall–Kier alpha value is -3.55. The van der Waals surface area contributed by atoms with Crippen molar-refractivity contribution >= 4 is 30.5 Å². The highest BCUT2D eigenvalue weighted by Gasteiger charge is 2.12. The van der Waals surface area contributed by atoms with Gasteiger partial charge in [0.25, 0.3) is 5.91 Å². The Bertz CT molecular complexity index is 766. The van der Waals surface area contributed by atoms with Crippen molar-refractivity contribution in [2.75, 3.05) is 0 Å². The number of fused-ring (bicyclic) bond motifs is 1. The van der Waals surface area contributed by atoms with Crippen LogP contribution in [0.4, 0.5) is 0 Å². The van der Waals surface area contributed by atoms with E-state index in [9.17, 15) is 9.59 Å². The molecule has 2 heterocycles. The van der Waals surface area contributed by atoms with Crippen molar-refractivity contribution in [3.05, 3.63) is 60.8 Å². The molecule has 0 aliphatic carbocycles. The number of amides is 2. The molecule has 0 aromatic rings. The molecular weight excluding hydrogens is 320 g/mol. The van der Waals surface area contributed by atoms with Crippen molar-refractivity contribution in [1.82, 2.24) is 4.90 Å². The molecule has 0 aromatic heterocycles. The Balaban J connectivity index is 2.31. The molecule has 2 rings (SSSR count). The van der Waals surface area contributed by atoms with Gasteiger partial charge in [-0.25, -0.2) is 4.99 Å². The van der Waals surface area contributed by atoms with E-state index in [1.807, 2.05) is 0 Å². The molecule has 25 heavy (non-hydrogen) atoms. The smallest absolute Gasteiger partial charge is 0.269 e. The molecule has 2 aliphatic heterocycles. The maximum atomic E-state index is 12.4. The molecule has 0 radical (unpaired) electrons. The van der Waals surface area contributed by atoms with Gasteiger partial charge in [-0.2, -0.15) is 0 Å². The molecule has 0 bridgehead atoms. The van der Waals surface area contributed by atoms with Gasteiger partial charge < -0.3 is 0 Å². The average molecular weight is 336 g/mol. The first kappa shape index (κ1) is 17.8. The van der Waals surface area contributed by atoms with Crippen molar-refractivity contribution in [2.24, 2.45) is 25.4 Å². The summed E-state index contributed by atoms with van der Waals surface area (Å²) in [6.07, 6.45) is 18.9. The zero-order valence-corrected chi connectivity index (χ0v) is 13.3. The van der Waals surface area contributed by atoms with Crippen LogP contribution < -0.4 is 0 Å². The minimum absolute atomic E-state index is 0.126. The van der Waals surface area contributed by atoms with Crippen LogP contribution >= 0.6 is 0 Å². The van der Waals surface area contributed by atoms with E-state index in [1.165, 1.54) is 35.7 Å². The van der Waals surface area contributed by atoms with Crippen LogP contribution in [0.1, 0.15) is 12.8 Å². The van der Waals surface area contributed by atoms with E-state index in [1.54, 1.807) is 42.9 Å². The van der Waals surface area contributed by atoms with Crippen LogP contribution in [0, 0.1) is 0 Å². The Labute approximate surface area is 144 Å². The van der Waals surface area contributed by atoms with E-state index in [2.05, 4.69) is 25.4 Å². The van der Waals surface area contributed by atoms with Gasteiger partial charge in [-0.1, -0.05) is 12.2 Å². The van der Waals surface area contributed by atoms with Crippen LogP contribution in [-0.2, 0) is 9.59 Å². The topological polar surface area (TPSA) is 99.2 Å². The van der Waals surface area contributed by atoms with Crippen LogP contribution in [0.2, 0.25) is 0 Å². The summed E-state index contributed by atoms with van der Waals surface area (Å²) in [5.41, 5.74) is 0.564. The molecule has 8 nitrogen and oxygen atoms in total. The molecule has 0 saturated heterocycles. The number of allylic oxidation sites excluding steroid dienone is 4. The van der Waals surface area contributed by atoms with Gasteiger partial charge in [0, 0.05) is 61.9 Å². The molecule has 0 atom stereocenters. The van der Waals surface area contributed by atoms with Crippen molar-refractivity contribution in [3.8, 4) is 0 Å². The van der Waals surface area contributed by atoms with Crippen molar-refractivity contribution in [2.45, 2.75) is 12.8 Å². The molecule has 8 heteroatoms. The molecule has 0 N–H and O–H groups in total. The van der Waals surface area contributed by atoms with E-state index in [4.69, 9.17) is 0 Å². The minimum Gasteiger partial charge on any atom is -0.288 e. The molecule has 126 valence electrons. The Kier molecular flexibility index (Phi) is 7.31. The third-order valence-corrected chi connectivity index (χ3v) is 2.87. The predicted octanol–water partition coefficient (Wildman–Crippen LogP) is 2.71. The first-order valence-electron chi connectivity index (χ1n) is 7.47. The second kappa shape index (κ2) is 10.3. The lowest BCUT2D eigenvalue weighted by Gasteiger charge is -2.19. The second-order valence-corrected chi connectivity index (χ2v) is 4.65. The van der Waals surface area contributed by atoms with Gasteiger partial charge in [0.1, 0.15) is 0 Å². The van der Waals surface area contributed by atoms with Crippen LogP contribution in [0.25, 0.3) is 0 Å². The SMILES string of the molecule is O=C1C=CC=C2C=CN=CC=CN2C(=O)CC=CN=NN=CCC=N1. The average Bonchev–Trinajstić information content (AvgIpc) is 2.57. The number of hydrogen-bond donors (Lipinski definition) is 0. The van der Waals surface area contributed by atoms with Crippen molar-refractivity contribution < 1.29 is 9.59 Å². The summed E-state index contributed by atoms with van der Waals surface area (Å²) in [5, 5.41) is 10.9. The van der Waals surface area contributed by atoms with E-state index in [-0.39, 0.29) is 12.3 Å². The van der Waals surface area contributed by atoms with Crippen LogP contribution in [-0.4, -0.2) is 35.4 Å². The summed E-state index contributed by atoms with van der Waals surface area (Å²) in [4.78, 5) is 33.2. The monoisotopic (exact) mass is 336 g/mol. The van der Waals surface area contributed by atoms with Crippen molar-refractivity contribution in [3.63, 3.8) is 0 Å². The van der Waals surface area contributed by atoms with E-state index in [0.29, 0.717) is 12.1 Å². The zero-order chi connectivity index (χ0) is 17.7. The molecule has 0 fully saturated rings. The van der Waals surface area contributed by atoms with Gasteiger partial charge in [0.05, 0.1) is 0 Å². The lowest BCUT2D eigenvalue weighted by Crippen LogP contribution is -2.24. The maximum Gasteiger partial charge on any atom is 0.269 e. The zero-order valence-electron chi connectivity index (χ0n) is 13.3. The van der Waals surface area contributed by atoms with Gasteiger partial charge in [-0.05, 0) is 23.5 Å². The van der Waals surface area contributed by atoms with Gasteiger partial charge in [-0.3, -0.25) is 19.5 Å². The predicted molar refractivity (Wildman–Crippen MR) is 96.1 cm³/mol. The second-order valence-electron chi connectivity index (χ2n) is 4.65. The molecule has 2 aliphatic rings. The molecule has 0 aromatic carbocycles. The van der Waals surface area contributed by atoms with Gasteiger partial charge in [-0.15, -0.1) is 10.2 Å². The summed E-state index contributed by atoms with van der Waals surface area (Å²) in [6.45, 7) is 0. The highest BCUT2D eigenvalue weighted by atomic mass is 16.2. The Morgan fingerprint density at radius 2 is 1.96 bits per heavy atom. The number of hydrogen-bond acceptors (Lipinski definition) is 6. The maximum absolute atomic E-state index is 12.4. The quantitative estimate of drug-likeness (QED) is 0.679. The minimum atomic E-state index is -0.417. The highest BCUT2D eigenvalue weighted by molar-refractivity contribution is 5.96. The van der Waals surface area contributed by atoms with Crippen LogP contribution in [0.5, 0.6) is 0 Å². The normalized spacial score (nSPS) is 18.7. The lowest BCUT2D eigenvalue weighted by molar-refractivity contribution is -0.126. The van der Waals surface area contributed by atoms with Gasteiger partial charge in [0.2, 0.25) is 5.91 Å². The summed E-state index contributed by atoms with van der Waals surface area (Å²) >= 11 is 0. The lowest BCUT2D eigenvalue weighted by atomic mass is 10.2. The van der Waals surface area contributed by atoms with E-state index < -0.39 is 5.91 Å². The summed E-state index contributed by atoms with van der Waals surface area (Å²) in [6, 6.07) is 0. The van der Waals surface area contributed by atoms with E-state index in [0.717, 1.165) is 0 Å². The van der Waals surface area contributed by atoms with E-state index >= 15 is 0 Å². The fourth-order valence-corrected chi connectivity index (χ4v) is 1.78. The van der Waals surface area contributed by atoms with Gasteiger partial charge in [0.15, 0.2) is 0 Å². The Morgan fingerprint density at radius 3 is 2.88 bits per heavy atom. The largest absolute Gasteiger partial charge is 0.288 e. The number of aliphatic imine (C=N–C) groups is 2. The molecule has 2 amide bonds. The Morgan fingerprint density at radius 1 is 1.04 bits per heavy atom. The summed E-state index contributed by atoms with van der Waals surface area (Å²) in [5.74, 6) is -0.599. The van der Waals surface area contributed by atoms with Crippen LogP contribution in [0.3, 0.4) is 0 Å². The third kappa shape index (κ3) is 6.61.